The highest BCUT2D eigenvalue weighted by molar-refractivity contribution is 6.30. The molecule has 14 aromatic rings. The highest BCUT2D eigenvalue weighted by atomic mass is 15.0. The number of para-hydroxylation sites is 6. The predicted molar refractivity (Wildman–Crippen MR) is 281 cm³/mol. The van der Waals surface area contributed by atoms with E-state index in [4.69, 9.17) is 0 Å². The summed E-state index contributed by atoms with van der Waals surface area (Å²) in [7, 11) is 0. The molecule has 0 radical (unpaired) electrons. The van der Waals surface area contributed by atoms with Gasteiger partial charge in [0, 0.05) is 65.8 Å². The summed E-state index contributed by atoms with van der Waals surface area (Å²) < 4.78 is 9.82. The first-order valence-electron chi connectivity index (χ1n) is 23.0. The standard InChI is InChI=1S/C60H38N4.C2H6/c1-4-18-39(19-5-1)40-36-43(63-51-30-16-12-26-47(51)59-55(63)34-32-53-57(59)45-24-10-14-28-49(45)61(53)41-20-6-2-7-21-41)38-44(37-40)64-52-31-17-13-27-48(52)60-56(64)35-33-54-58(60)46-25-11-15-29-50(46)62(54)42-22-8-3-9-23-42;1-2/h1-38H;1-2H3. The van der Waals surface area contributed by atoms with E-state index in [0.29, 0.717) is 0 Å². The molecule has 0 fully saturated rings. The van der Waals surface area contributed by atoms with Crippen molar-refractivity contribution in [3.63, 3.8) is 0 Å². The van der Waals surface area contributed by atoms with Gasteiger partial charge in [-0.1, -0.05) is 153 Å². The minimum Gasteiger partial charge on any atom is -0.309 e. The predicted octanol–water partition coefficient (Wildman–Crippen LogP) is 16.8. The molecule has 0 amide bonds. The average molecular weight is 845 g/mol. The Morgan fingerprint density at radius 1 is 0.212 bits per heavy atom. The Morgan fingerprint density at radius 2 is 0.485 bits per heavy atom. The van der Waals surface area contributed by atoms with Crippen LogP contribution >= 0.6 is 0 Å². The Labute approximate surface area is 382 Å². The minimum absolute atomic E-state index is 1.11. The lowest BCUT2D eigenvalue weighted by Gasteiger charge is -2.16. The van der Waals surface area contributed by atoms with Crippen molar-refractivity contribution < 1.29 is 0 Å². The lowest BCUT2D eigenvalue weighted by Crippen LogP contribution is -2.00. The molecular weight excluding hydrogens is 801 g/mol. The molecule has 0 aliphatic rings. The van der Waals surface area contributed by atoms with Crippen molar-refractivity contribution in [2.24, 2.45) is 0 Å². The molecule has 4 heterocycles. The number of fused-ring (bicyclic) bond motifs is 14. The highest BCUT2D eigenvalue weighted by Gasteiger charge is 2.24. The summed E-state index contributed by atoms with van der Waals surface area (Å²) in [6, 6.07) is 84.4. The van der Waals surface area contributed by atoms with Crippen molar-refractivity contribution in [1.29, 1.82) is 0 Å². The maximum Gasteiger partial charge on any atom is 0.0548 e. The maximum absolute atomic E-state index is 2.49. The highest BCUT2D eigenvalue weighted by Crippen LogP contribution is 2.45. The summed E-state index contributed by atoms with van der Waals surface area (Å²) >= 11 is 0. The van der Waals surface area contributed by atoms with E-state index in [1.54, 1.807) is 0 Å². The van der Waals surface area contributed by atoms with E-state index in [0.717, 1.165) is 28.3 Å². The minimum atomic E-state index is 1.11. The molecule has 4 heteroatoms. The van der Waals surface area contributed by atoms with Crippen LogP contribution in [0, 0.1) is 0 Å². The first-order valence-corrected chi connectivity index (χ1v) is 23.0. The van der Waals surface area contributed by atoms with E-state index in [9.17, 15) is 0 Å². The van der Waals surface area contributed by atoms with Gasteiger partial charge in [0.2, 0.25) is 0 Å². The zero-order valence-electron chi connectivity index (χ0n) is 36.7. The molecule has 0 unspecified atom stereocenters. The van der Waals surface area contributed by atoms with Crippen LogP contribution in [-0.4, -0.2) is 18.3 Å². The third kappa shape index (κ3) is 5.45. The second kappa shape index (κ2) is 15.0. The van der Waals surface area contributed by atoms with Crippen LogP contribution < -0.4 is 0 Å². The largest absolute Gasteiger partial charge is 0.309 e. The van der Waals surface area contributed by atoms with Crippen LogP contribution in [0.1, 0.15) is 13.8 Å². The molecule has 14 rings (SSSR count). The SMILES string of the molecule is CC.c1ccc(-c2cc(-n3c4ccccc4c4c5c6ccccc6n(-c6ccccc6)c5ccc43)cc(-n3c4ccccc4c4c5c6ccccc6n(-c6ccccc6)c5ccc43)c2)cc1. The molecule has 0 saturated heterocycles. The molecule has 4 aromatic heterocycles. The molecule has 66 heavy (non-hydrogen) atoms. The average Bonchev–Trinajstić information content (AvgIpc) is 4.12. The molecule has 0 aliphatic carbocycles. The fourth-order valence-electron chi connectivity index (χ4n) is 11.0. The lowest BCUT2D eigenvalue weighted by atomic mass is 10.0. The number of hydrogen-bond acceptors (Lipinski definition) is 0. The molecular formula is C62H44N4. The summed E-state index contributed by atoms with van der Waals surface area (Å²) in [4.78, 5) is 0. The van der Waals surface area contributed by atoms with E-state index in [1.807, 2.05) is 13.8 Å². The first-order chi connectivity index (χ1) is 32.8. The summed E-state index contributed by atoms with van der Waals surface area (Å²) in [5.41, 5.74) is 16.4. The molecule has 4 nitrogen and oxygen atoms in total. The topological polar surface area (TPSA) is 19.7 Å². The van der Waals surface area contributed by atoms with Gasteiger partial charge in [0.05, 0.1) is 44.1 Å². The zero-order chi connectivity index (χ0) is 43.9. The van der Waals surface area contributed by atoms with Crippen molar-refractivity contribution in [2.45, 2.75) is 13.8 Å². The molecule has 0 aliphatic heterocycles. The van der Waals surface area contributed by atoms with Crippen LogP contribution in [-0.2, 0) is 0 Å². The Hall–Kier alpha value is -8.60. The third-order valence-corrected chi connectivity index (χ3v) is 13.5. The molecule has 312 valence electrons. The van der Waals surface area contributed by atoms with E-state index in [2.05, 4.69) is 249 Å². The Bertz CT molecular complexity index is 3920. The second-order valence-electron chi connectivity index (χ2n) is 16.9. The van der Waals surface area contributed by atoms with Crippen molar-refractivity contribution in [2.75, 3.05) is 0 Å². The molecule has 0 saturated carbocycles. The third-order valence-electron chi connectivity index (χ3n) is 13.5. The fraction of sp³-hybridized carbons (Fsp3) is 0.0323. The smallest absolute Gasteiger partial charge is 0.0548 e. The van der Waals surface area contributed by atoms with E-state index >= 15 is 0 Å². The quantitative estimate of drug-likeness (QED) is 0.164. The number of benzene rings is 10. The van der Waals surface area contributed by atoms with E-state index in [-0.39, 0.29) is 0 Å². The molecule has 0 spiro atoms. The van der Waals surface area contributed by atoms with E-state index in [1.165, 1.54) is 92.8 Å². The van der Waals surface area contributed by atoms with Gasteiger partial charge in [-0.05, 0) is 102 Å². The van der Waals surface area contributed by atoms with Crippen LogP contribution in [0.3, 0.4) is 0 Å². The Morgan fingerprint density at radius 3 is 0.818 bits per heavy atom. The number of hydrogen-bond donors (Lipinski definition) is 0. The summed E-state index contributed by atoms with van der Waals surface area (Å²) in [5, 5.41) is 10.0. The maximum atomic E-state index is 2.49. The zero-order valence-corrected chi connectivity index (χ0v) is 36.7. The van der Waals surface area contributed by atoms with Gasteiger partial charge >= 0.3 is 0 Å². The number of rotatable bonds is 5. The van der Waals surface area contributed by atoms with Crippen LogP contribution in [0.4, 0.5) is 0 Å². The molecule has 10 aromatic carbocycles. The van der Waals surface area contributed by atoms with Crippen LogP contribution in [0.5, 0.6) is 0 Å². The van der Waals surface area contributed by atoms with E-state index < -0.39 is 0 Å². The number of nitrogens with zero attached hydrogens (tertiary/aromatic N) is 4. The van der Waals surface area contributed by atoms with Crippen LogP contribution in [0.15, 0.2) is 231 Å². The van der Waals surface area contributed by atoms with Gasteiger partial charge in [-0.3, -0.25) is 0 Å². The van der Waals surface area contributed by atoms with Crippen LogP contribution in [0.25, 0.3) is 121 Å². The number of aromatic nitrogens is 4. The van der Waals surface area contributed by atoms with Gasteiger partial charge < -0.3 is 18.3 Å². The van der Waals surface area contributed by atoms with Crippen molar-refractivity contribution in [1.82, 2.24) is 18.3 Å². The summed E-state index contributed by atoms with van der Waals surface area (Å²) in [5.74, 6) is 0. The normalized spacial score (nSPS) is 11.8. The first kappa shape index (κ1) is 37.9. The van der Waals surface area contributed by atoms with Crippen LogP contribution in [0.2, 0.25) is 0 Å². The van der Waals surface area contributed by atoms with Gasteiger partial charge in [-0.25, -0.2) is 0 Å². The molecule has 0 atom stereocenters. The monoisotopic (exact) mass is 844 g/mol. The molecule has 0 N–H and O–H groups in total. The summed E-state index contributed by atoms with van der Waals surface area (Å²) in [6.07, 6.45) is 0. The van der Waals surface area contributed by atoms with Crippen molar-refractivity contribution >= 4 is 87.2 Å². The van der Waals surface area contributed by atoms with Gasteiger partial charge in [0.1, 0.15) is 0 Å². The second-order valence-corrected chi connectivity index (χ2v) is 16.9. The van der Waals surface area contributed by atoms with Crippen molar-refractivity contribution in [3.8, 4) is 33.9 Å². The van der Waals surface area contributed by atoms with Gasteiger partial charge in [-0.15, -0.1) is 0 Å². The Kier molecular flexibility index (Phi) is 8.62. The lowest BCUT2D eigenvalue weighted by molar-refractivity contribution is 1.13. The van der Waals surface area contributed by atoms with Gasteiger partial charge in [0.15, 0.2) is 0 Å². The molecule has 0 bridgehead atoms. The van der Waals surface area contributed by atoms with Gasteiger partial charge in [0.25, 0.3) is 0 Å². The summed E-state index contributed by atoms with van der Waals surface area (Å²) in [6.45, 7) is 4.00. The van der Waals surface area contributed by atoms with Crippen molar-refractivity contribution in [3.05, 3.63) is 231 Å². The van der Waals surface area contributed by atoms with Gasteiger partial charge in [-0.2, -0.15) is 0 Å². The fourth-order valence-corrected chi connectivity index (χ4v) is 11.0. The Balaban J connectivity index is 0.00000215.